The first kappa shape index (κ1) is 23.6. The van der Waals surface area contributed by atoms with Crippen LogP contribution in [-0.4, -0.2) is 57.3 Å². The van der Waals surface area contributed by atoms with Gasteiger partial charge in [-0.25, -0.2) is 0 Å². The van der Waals surface area contributed by atoms with Crippen LogP contribution in [-0.2, 0) is 13.1 Å². The van der Waals surface area contributed by atoms with Gasteiger partial charge in [-0.1, -0.05) is 35.9 Å². The van der Waals surface area contributed by atoms with Gasteiger partial charge in [0.2, 0.25) is 5.75 Å². The molecule has 0 amide bonds. The van der Waals surface area contributed by atoms with Gasteiger partial charge in [0.25, 0.3) is 0 Å². The van der Waals surface area contributed by atoms with E-state index in [1.807, 2.05) is 17.4 Å². The van der Waals surface area contributed by atoms with Crippen LogP contribution in [0, 0.1) is 13.8 Å². The highest BCUT2D eigenvalue weighted by Crippen LogP contribution is 2.40. The molecule has 2 heterocycles. The van der Waals surface area contributed by atoms with Crippen molar-refractivity contribution >= 4 is 11.3 Å². The third kappa shape index (κ3) is 5.18. The molecule has 1 saturated heterocycles. The maximum atomic E-state index is 5.68. The van der Waals surface area contributed by atoms with Crippen LogP contribution in [0.25, 0.3) is 11.1 Å². The molecule has 1 fully saturated rings. The highest BCUT2D eigenvalue weighted by Gasteiger charge is 2.22. The second kappa shape index (κ2) is 10.6. The molecule has 33 heavy (non-hydrogen) atoms. The number of ether oxygens (including phenoxy) is 3. The lowest BCUT2D eigenvalue weighted by molar-refractivity contribution is 0.121. The predicted octanol–water partition coefficient (Wildman–Crippen LogP) is 5.38. The molecule has 0 spiro atoms. The fourth-order valence-electron chi connectivity index (χ4n) is 4.60. The molecule has 1 aromatic heterocycles. The second-order valence-corrected chi connectivity index (χ2v) is 9.69. The minimum atomic E-state index is 0.660. The first-order valence-electron chi connectivity index (χ1n) is 11.4. The van der Waals surface area contributed by atoms with E-state index in [1.165, 1.54) is 27.1 Å². The van der Waals surface area contributed by atoms with Crippen molar-refractivity contribution in [1.29, 1.82) is 0 Å². The average molecular weight is 467 g/mol. The van der Waals surface area contributed by atoms with Gasteiger partial charge in [-0.15, -0.1) is 11.3 Å². The zero-order chi connectivity index (χ0) is 23.4. The normalized spacial score (nSPS) is 14.9. The molecule has 2 aromatic carbocycles. The van der Waals surface area contributed by atoms with Crippen LogP contribution in [0.5, 0.6) is 17.2 Å². The van der Waals surface area contributed by atoms with Crippen LogP contribution in [0.4, 0.5) is 0 Å². The molecule has 5 nitrogen and oxygen atoms in total. The standard InChI is InChI=1S/C27H34N2O3S/c1-19-6-8-21(9-7-19)25-20(2)33-18-23(25)17-29-14-12-28(13-15-29)16-22-10-11-24(30-3)27(32-5)26(22)31-4/h6-11,18H,12-17H2,1-5H3. The van der Waals surface area contributed by atoms with E-state index >= 15 is 0 Å². The highest BCUT2D eigenvalue weighted by atomic mass is 32.1. The zero-order valence-corrected chi connectivity index (χ0v) is 21.1. The molecule has 0 aliphatic carbocycles. The third-order valence-electron chi connectivity index (χ3n) is 6.43. The number of aryl methyl sites for hydroxylation is 2. The summed E-state index contributed by atoms with van der Waals surface area (Å²) in [5.74, 6) is 2.11. The van der Waals surface area contributed by atoms with E-state index < -0.39 is 0 Å². The van der Waals surface area contributed by atoms with E-state index in [0.29, 0.717) is 11.5 Å². The summed E-state index contributed by atoms with van der Waals surface area (Å²) in [6.45, 7) is 10.4. The summed E-state index contributed by atoms with van der Waals surface area (Å²) in [7, 11) is 4.99. The van der Waals surface area contributed by atoms with Crippen LogP contribution < -0.4 is 14.2 Å². The fraction of sp³-hybridized carbons (Fsp3) is 0.407. The Morgan fingerprint density at radius 2 is 1.33 bits per heavy atom. The van der Waals surface area contributed by atoms with Gasteiger partial charge in [0, 0.05) is 49.7 Å². The Morgan fingerprint density at radius 3 is 1.91 bits per heavy atom. The summed E-state index contributed by atoms with van der Waals surface area (Å²) < 4.78 is 16.6. The van der Waals surface area contributed by atoms with Crippen molar-refractivity contribution in [3.05, 3.63) is 63.3 Å². The van der Waals surface area contributed by atoms with Crippen LogP contribution in [0.15, 0.2) is 41.8 Å². The van der Waals surface area contributed by atoms with Crippen molar-refractivity contribution in [2.45, 2.75) is 26.9 Å². The fourth-order valence-corrected chi connectivity index (χ4v) is 5.48. The second-order valence-electron chi connectivity index (χ2n) is 8.60. The Hall–Kier alpha value is -2.54. The number of rotatable bonds is 8. The van der Waals surface area contributed by atoms with E-state index in [9.17, 15) is 0 Å². The van der Waals surface area contributed by atoms with Crippen LogP contribution >= 0.6 is 11.3 Å². The summed E-state index contributed by atoms with van der Waals surface area (Å²) in [6, 6.07) is 13.0. The molecule has 0 unspecified atom stereocenters. The smallest absolute Gasteiger partial charge is 0.203 e. The summed E-state index contributed by atoms with van der Waals surface area (Å²) in [6.07, 6.45) is 0. The summed E-state index contributed by atoms with van der Waals surface area (Å²) in [5.41, 5.74) is 6.61. The maximum Gasteiger partial charge on any atom is 0.203 e. The molecule has 0 saturated carbocycles. The van der Waals surface area contributed by atoms with Crippen molar-refractivity contribution in [1.82, 2.24) is 9.80 Å². The molecule has 176 valence electrons. The van der Waals surface area contributed by atoms with Gasteiger partial charge in [-0.2, -0.15) is 0 Å². The van der Waals surface area contributed by atoms with E-state index in [2.05, 4.69) is 59.4 Å². The Balaban J connectivity index is 1.40. The van der Waals surface area contributed by atoms with Gasteiger partial charge in [0.1, 0.15) is 0 Å². The third-order valence-corrected chi connectivity index (χ3v) is 7.39. The van der Waals surface area contributed by atoms with E-state index in [1.54, 1.807) is 21.3 Å². The van der Waals surface area contributed by atoms with Gasteiger partial charge in [-0.05, 0) is 42.0 Å². The zero-order valence-electron chi connectivity index (χ0n) is 20.3. The molecule has 0 atom stereocenters. The van der Waals surface area contributed by atoms with Gasteiger partial charge < -0.3 is 14.2 Å². The number of hydrogen-bond acceptors (Lipinski definition) is 6. The van der Waals surface area contributed by atoms with Crippen molar-refractivity contribution in [3.63, 3.8) is 0 Å². The van der Waals surface area contributed by atoms with Gasteiger partial charge >= 0.3 is 0 Å². The number of thiophene rings is 1. The van der Waals surface area contributed by atoms with Crippen molar-refractivity contribution < 1.29 is 14.2 Å². The summed E-state index contributed by atoms with van der Waals surface area (Å²) in [4.78, 5) is 6.45. The Morgan fingerprint density at radius 1 is 0.727 bits per heavy atom. The van der Waals surface area contributed by atoms with Gasteiger partial charge in [0.05, 0.1) is 21.3 Å². The van der Waals surface area contributed by atoms with Crippen LogP contribution in [0.2, 0.25) is 0 Å². The SMILES string of the molecule is COc1ccc(CN2CCN(Cc3csc(C)c3-c3ccc(C)cc3)CC2)c(OC)c1OC. The number of benzene rings is 2. The quantitative estimate of drug-likeness (QED) is 0.446. The topological polar surface area (TPSA) is 34.2 Å². The molecule has 0 bridgehead atoms. The minimum absolute atomic E-state index is 0.660. The number of hydrogen-bond donors (Lipinski definition) is 0. The Labute approximate surface area is 201 Å². The first-order valence-corrected chi connectivity index (χ1v) is 12.3. The Bertz CT molecular complexity index is 1070. The lowest BCUT2D eigenvalue weighted by Crippen LogP contribution is -2.45. The van der Waals surface area contributed by atoms with Crippen LogP contribution in [0.1, 0.15) is 21.6 Å². The lowest BCUT2D eigenvalue weighted by atomic mass is 10.0. The number of methoxy groups -OCH3 is 3. The van der Waals surface area contributed by atoms with E-state index in [4.69, 9.17) is 14.2 Å². The Kier molecular flexibility index (Phi) is 7.58. The first-order chi connectivity index (χ1) is 16.0. The van der Waals surface area contributed by atoms with Gasteiger partial charge in [0.15, 0.2) is 11.5 Å². The minimum Gasteiger partial charge on any atom is -0.493 e. The molecule has 1 aliphatic rings. The average Bonchev–Trinajstić information content (AvgIpc) is 3.20. The highest BCUT2D eigenvalue weighted by molar-refractivity contribution is 7.10. The summed E-state index contributed by atoms with van der Waals surface area (Å²) >= 11 is 1.86. The van der Waals surface area contributed by atoms with Crippen LogP contribution in [0.3, 0.4) is 0 Å². The monoisotopic (exact) mass is 466 g/mol. The van der Waals surface area contributed by atoms with E-state index in [-0.39, 0.29) is 0 Å². The predicted molar refractivity (Wildman–Crippen MR) is 136 cm³/mol. The lowest BCUT2D eigenvalue weighted by Gasteiger charge is -2.35. The molecule has 1 aliphatic heterocycles. The molecule has 0 radical (unpaired) electrons. The van der Waals surface area contributed by atoms with Crippen molar-refractivity contribution in [2.75, 3.05) is 47.5 Å². The number of nitrogens with zero attached hydrogens (tertiary/aromatic N) is 2. The van der Waals surface area contributed by atoms with Crippen molar-refractivity contribution in [3.8, 4) is 28.4 Å². The summed E-state index contributed by atoms with van der Waals surface area (Å²) in [5, 5.41) is 2.34. The molecule has 4 rings (SSSR count). The number of piperazine rings is 1. The molecule has 0 N–H and O–H groups in total. The van der Waals surface area contributed by atoms with Crippen molar-refractivity contribution in [2.24, 2.45) is 0 Å². The molecule has 6 heteroatoms. The molecular weight excluding hydrogens is 432 g/mol. The maximum absolute atomic E-state index is 5.68. The molecule has 3 aromatic rings. The van der Waals surface area contributed by atoms with E-state index in [0.717, 1.165) is 50.6 Å². The largest absolute Gasteiger partial charge is 0.493 e. The molecular formula is C27H34N2O3S. The van der Waals surface area contributed by atoms with Gasteiger partial charge in [-0.3, -0.25) is 9.80 Å².